The number of benzene rings is 3. The van der Waals surface area contributed by atoms with Gasteiger partial charge in [-0.05, 0) is 125 Å². The summed E-state index contributed by atoms with van der Waals surface area (Å²) in [4.78, 5) is 245. The summed E-state index contributed by atoms with van der Waals surface area (Å²) < 4.78 is 0. The van der Waals surface area contributed by atoms with Crippen molar-refractivity contribution in [2.45, 2.75) is 255 Å². The molecule has 3 aliphatic heterocycles. The average molecular weight is 1740 g/mol. The van der Waals surface area contributed by atoms with Crippen LogP contribution >= 0.6 is 0 Å². The minimum Gasteiger partial charge on any atom is -0.508 e. The van der Waals surface area contributed by atoms with Gasteiger partial charge < -0.3 is 110 Å². The van der Waals surface area contributed by atoms with Crippen LogP contribution in [-0.2, 0) is 96.0 Å². The van der Waals surface area contributed by atoms with E-state index < -0.39 is 211 Å². The Labute approximate surface area is 726 Å². The third kappa shape index (κ3) is 26.6. The second-order valence-corrected chi connectivity index (χ2v) is 33.7. The Bertz CT molecular complexity index is 4670. The normalized spacial score (nSPS) is 26.5. The number of aliphatic hydroxyl groups is 1. The molecule has 3 fully saturated rings. The zero-order valence-electron chi connectivity index (χ0n) is 73.1. The summed E-state index contributed by atoms with van der Waals surface area (Å²) in [6, 6.07) is -1.47. The molecule has 5 aromatic rings. The molecule has 682 valence electrons. The van der Waals surface area contributed by atoms with Crippen molar-refractivity contribution in [2.24, 2.45) is 29.0 Å². The zero-order chi connectivity index (χ0) is 91.8. The van der Waals surface area contributed by atoms with Crippen molar-refractivity contribution in [1.82, 2.24) is 88.1 Å². The molecular weight excluding hydrogens is 1610 g/mol. The molecule has 5 heterocycles. The Hall–Kier alpha value is -11.9. The van der Waals surface area contributed by atoms with E-state index in [9.17, 15) is 67.7 Å². The molecule has 1 unspecified atom stereocenters. The molecule has 125 heavy (non-hydrogen) atoms. The number of aromatic nitrogens is 2. The molecule has 16 atom stereocenters. The number of Topliss-reactive ketones (excluding diaryl/α,β-unsaturated/α-hetero) is 1. The van der Waals surface area contributed by atoms with Crippen LogP contribution in [0.4, 0.5) is 0 Å². The van der Waals surface area contributed by atoms with Gasteiger partial charge in [0.15, 0.2) is 5.78 Å². The van der Waals surface area contributed by atoms with Crippen LogP contribution < -0.4 is 75.7 Å². The van der Waals surface area contributed by atoms with Gasteiger partial charge in [0.2, 0.25) is 88.6 Å². The number of phenols is 1. The van der Waals surface area contributed by atoms with Gasteiger partial charge >= 0.3 is 0 Å². The van der Waals surface area contributed by atoms with E-state index in [1.807, 2.05) is 32.0 Å². The zero-order valence-corrected chi connectivity index (χ0v) is 73.1. The molecule has 38 heteroatoms. The van der Waals surface area contributed by atoms with Gasteiger partial charge in [0, 0.05) is 87.7 Å². The molecule has 3 aromatic carbocycles. The predicted octanol–water partition coefficient (Wildman–Crippen LogP) is -1.30. The minimum absolute atomic E-state index is 0.0157. The van der Waals surface area contributed by atoms with Gasteiger partial charge in [-0.15, -0.1) is 0 Å². The summed E-state index contributed by atoms with van der Waals surface area (Å²) in [6.45, 7) is 11.9. The molecule has 8 rings (SSSR count). The first-order valence-corrected chi connectivity index (χ1v) is 43.0. The number of primary amides is 1. The first-order valence-electron chi connectivity index (χ1n) is 43.0. The highest BCUT2D eigenvalue weighted by molar-refractivity contribution is 6.03. The molecular formula is C87H126N20O18. The summed E-state index contributed by atoms with van der Waals surface area (Å²) >= 11 is 0. The van der Waals surface area contributed by atoms with Crippen molar-refractivity contribution in [3.05, 3.63) is 102 Å². The molecule has 3 saturated heterocycles. The van der Waals surface area contributed by atoms with Crippen LogP contribution in [0.2, 0.25) is 0 Å². The highest BCUT2D eigenvalue weighted by Crippen LogP contribution is 2.27. The number of ketones is 1. The first-order chi connectivity index (χ1) is 59.4. The number of hydrogen-bond acceptors (Lipinski definition) is 21. The monoisotopic (exact) mass is 1740 g/mol. The molecule has 0 spiro atoms. The van der Waals surface area contributed by atoms with Gasteiger partial charge in [-0.3, -0.25) is 82.0 Å². The van der Waals surface area contributed by atoms with Gasteiger partial charge in [-0.1, -0.05) is 116 Å². The summed E-state index contributed by atoms with van der Waals surface area (Å²) in [6.07, 6.45) is 2.12. The fourth-order valence-electron chi connectivity index (χ4n) is 16.0. The Balaban J connectivity index is 1.14. The molecule has 21 N–H and O–H groups in total. The second-order valence-electron chi connectivity index (χ2n) is 33.7. The number of amides is 15. The molecule has 0 saturated carbocycles. The third-order valence-electron chi connectivity index (χ3n) is 23.2. The highest BCUT2D eigenvalue weighted by Gasteiger charge is 2.47. The van der Waals surface area contributed by atoms with Gasteiger partial charge in [-0.2, -0.15) is 0 Å². The topological polar surface area (TPSA) is 569 Å². The number of phenolic OH excluding ortho intramolecular Hbond substituents is 1. The van der Waals surface area contributed by atoms with Crippen molar-refractivity contribution >= 4 is 116 Å². The number of H-pyrrole nitrogens is 2. The lowest BCUT2D eigenvalue weighted by Crippen LogP contribution is -2.61. The molecule has 0 radical (unpaired) electrons. The highest BCUT2D eigenvalue weighted by atomic mass is 16.3. The van der Waals surface area contributed by atoms with Crippen molar-refractivity contribution in [3.63, 3.8) is 0 Å². The number of nitrogens with zero attached hydrogens (tertiary/aromatic N) is 4. The van der Waals surface area contributed by atoms with Gasteiger partial charge in [0.1, 0.15) is 78.3 Å². The van der Waals surface area contributed by atoms with Gasteiger partial charge in [-0.25, -0.2) is 0 Å². The molecule has 0 aliphatic carbocycles. The second kappa shape index (κ2) is 46.2. The van der Waals surface area contributed by atoms with Crippen LogP contribution in [0.1, 0.15) is 156 Å². The number of likely N-dealkylation sites (N-methyl/N-ethyl adjacent to an activating group) is 3. The predicted molar refractivity (Wildman–Crippen MR) is 463 cm³/mol. The Morgan fingerprint density at radius 2 is 1.02 bits per heavy atom. The van der Waals surface area contributed by atoms with Gasteiger partial charge in [0.25, 0.3) is 0 Å². The lowest BCUT2D eigenvalue weighted by atomic mass is 9.94. The van der Waals surface area contributed by atoms with Crippen molar-refractivity contribution in [3.8, 4) is 5.75 Å². The number of carbonyl (C=O) groups is 16. The summed E-state index contributed by atoms with van der Waals surface area (Å²) in [7, 11) is 4.06. The largest absolute Gasteiger partial charge is 0.508 e. The minimum atomic E-state index is -1.73. The number of para-hydroxylation sites is 2. The van der Waals surface area contributed by atoms with E-state index in [0.29, 0.717) is 64.2 Å². The summed E-state index contributed by atoms with van der Waals surface area (Å²) in [5.74, 6) is -14.5. The number of unbranched alkanes of at least 4 members (excludes halogenated alkanes) is 2. The van der Waals surface area contributed by atoms with E-state index in [0.717, 1.165) is 9.80 Å². The van der Waals surface area contributed by atoms with E-state index >= 15 is 19.2 Å². The van der Waals surface area contributed by atoms with Crippen molar-refractivity contribution in [1.29, 1.82) is 0 Å². The fraction of sp³-hybridized carbons (Fsp3) is 0.563. The maximum atomic E-state index is 15.7. The number of nitrogens with two attached hydrogens (primary N) is 3. The smallest absolute Gasteiger partial charge is 0.246 e. The lowest BCUT2D eigenvalue weighted by Gasteiger charge is -2.36. The number of hydrogen-bond donors (Lipinski definition) is 18. The number of rotatable bonds is 21. The molecule has 3 aliphatic rings. The fourth-order valence-corrected chi connectivity index (χ4v) is 16.0. The Kier molecular flexibility index (Phi) is 36.4. The SMILES string of the molecule is CCCC[C@H]1C(=O)N(C)[C@@H](CCCC)C(=O)N[C@@H](CC(C)C)C(=O)N[C@@H](C)C(=O)NCC(=O)N[C@@H](Cc2ccc(O)cc2)C(=O)N(C)[C@@H](C)C(=O)N[C@@H](CC(N)=O)C(=O)N2CCC[C@H]2C(=O)N[C@@H](CN)C(=O)N[C@@H](CC(C)C)C(=O)C2N[C@@H](C[C@H]2O)C(=O)N[C@@H](Cc2c[nH]c3ccccc23)C(=O)N[C@@H](CCN)C(=O)N[C@@H](Cc2c[nH]c3ccccc23)C(=O)N1C. The number of fused-ring (bicyclic) bond motifs is 5. The van der Waals surface area contributed by atoms with Crippen molar-refractivity contribution in [2.75, 3.05) is 47.3 Å². The number of carbonyl (C=O) groups excluding carboxylic acids is 16. The maximum Gasteiger partial charge on any atom is 0.246 e. The quantitative estimate of drug-likeness (QED) is 0.0406. The average Bonchev–Trinajstić information content (AvgIpc) is 1.79. The third-order valence-corrected chi connectivity index (χ3v) is 23.2. The number of aromatic amines is 2. The Morgan fingerprint density at radius 3 is 1.61 bits per heavy atom. The summed E-state index contributed by atoms with van der Waals surface area (Å²) in [5.41, 5.74) is 21.0. The maximum absolute atomic E-state index is 15.7. The summed E-state index contributed by atoms with van der Waals surface area (Å²) in [5, 5.41) is 52.8. The van der Waals surface area contributed by atoms with Crippen molar-refractivity contribution < 1.29 is 86.9 Å². The molecule has 15 amide bonds. The van der Waals surface area contributed by atoms with Crippen LogP contribution in [0.5, 0.6) is 5.75 Å². The molecule has 2 aromatic heterocycles. The van der Waals surface area contributed by atoms with E-state index in [1.165, 1.54) is 69.1 Å². The Morgan fingerprint density at radius 1 is 0.512 bits per heavy atom. The van der Waals surface area contributed by atoms with Gasteiger partial charge in [0.05, 0.1) is 37.2 Å². The number of aromatic hydroxyl groups is 1. The van der Waals surface area contributed by atoms with Crippen LogP contribution in [0.15, 0.2) is 85.2 Å². The van der Waals surface area contributed by atoms with E-state index in [-0.39, 0.29) is 101 Å². The van der Waals surface area contributed by atoms with E-state index in [1.54, 1.807) is 70.4 Å². The first kappa shape index (κ1) is 98.5. The van der Waals surface area contributed by atoms with Crippen LogP contribution in [0.3, 0.4) is 0 Å². The lowest BCUT2D eigenvalue weighted by molar-refractivity contribution is -0.149. The standard InChI is InChI=1S/C87H126N20O18/c1-12-14-25-67-82(120)100-60(36-47(5)6)78(116)94-48(7)75(113)93-45-72(111)95-63(37-50-28-30-53(108)31-29-50)84(122)104(9)49(8)76(114)101-65(41-71(90)110)86(124)107-34-20-27-68(107)83(121)103-66(42-89)81(119)98-59(35-46(3)4)74(112)73-70(109)40-62(96-73)80(118)99-61(38-51-43-91-56-23-18-16-21-54(51)56)79(117)97-58(32-33-88)77(115)102-64(39-52-44-92-57-24-19-17-22-55(52)57)85(123)106(11)69(26-15-13-2)87(125)105(67)10/h16-19,21-24,28-31,43-44,46-49,58-70,73,91-92,96,108-109H,12-15,20,25-27,32-42,45,88-89H2,1-11H3,(H2,90,110)(H,93,113)(H,94,116)(H,95,111)(H,97,117)(H,98,119)(H,99,118)(H,100,120)(H,101,114)(H,102,115)(H,103,121)/t48-,49-,58-,59-,60-,61-,62-,63-,64-,65-,66-,67-,68-,69-,70+,73?/m0/s1. The van der Waals surface area contributed by atoms with Crippen LogP contribution in [-0.4, -0.2) is 278 Å². The van der Waals surface area contributed by atoms with E-state index in [2.05, 4.69) is 68.5 Å². The molecule has 38 nitrogen and oxygen atoms in total. The van der Waals surface area contributed by atoms with Crippen LogP contribution in [0.25, 0.3) is 21.8 Å². The number of nitrogens with one attached hydrogen (secondary N) is 13. The van der Waals surface area contributed by atoms with Crippen LogP contribution in [0, 0.1) is 11.8 Å². The molecule has 2 bridgehead atoms. The number of aliphatic hydroxyl groups excluding tert-OH is 1. The van der Waals surface area contributed by atoms with E-state index in [4.69, 9.17) is 17.2 Å².